The van der Waals surface area contributed by atoms with Gasteiger partial charge in [0, 0.05) is 32.9 Å². The zero-order valence-corrected chi connectivity index (χ0v) is 15.6. The topological polar surface area (TPSA) is 26.8 Å². The Morgan fingerprint density at radius 1 is 1.26 bits per heavy atom. The van der Waals surface area contributed by atoms with Crippen LogP contribution in [-0.2, 0) is 11.3 Å². The summed E-state index contributed by atoms with van der Waals surface area (Å²) in [5.41, 5.74) is 1.26. The second kappa shape index (κ2) is 7.25. The van der Waals surface area contributed by atoms with Crippen LogP contribution in [-0.4, -0.2) is 51.5 Å². The van der Waals surface area contributed by atoms with Gasteiger partial charge in [0.15, 0.2) is 4.32 Å². The number of hydrazine groups is 1. The van der Waals surface area contributed by atoms with Crippen LogP contribution in [0.3, 0.4) is 0 Å². The Balaban J connectivity index is 1.89. The van der Waals surface area contributed by atoms with Crippen LogP contribution in [0, 0.1) is 0 Å². The van der Waals surface area contributed by atoms with E-state index in [9.17, 15) is 4.79 Å². The van der Waals surface area contributed by atoms with Crippen LogP contribution in [0.5, 0.6) is 0 Å². The highest BCUT2D eigenvalue weighted by Gasteiger charge is 2.38. The molecule has 1 amide bonds. The average Bonchev–Trinajstić information content (AvgIpc) is 2.83. The molecule has 0 spiro atoms. The first-order valence-corrected chi connectivity index (χ1v) is 9.68. The summed E-state index contributed by atoms with van der Waals surface area (Å²) in [7, 11) is 3.68. The molecule has 2 fully saturated rings. The molecule has 0 atom stereocenters. The zero-order valence-electron chi connectivity index (χ0n) is 13.2. The molecule has 23 heavy (non-hydrogen) atoms. The normalized spacial score (nSPS) is 22.4. The minimum atomic E-state index is -0.00698. The van der Waals surface area contributed by atoms with Crippen LogP contribution in [0.4, 0.5) is 0 Å². The van der Waals surface area contributed by atoms with Crippen LogP contribution in [0.15, 0.2) is 40.3 Å². The molecule has 4 nitrogen and oxygen atoms in total. The van der Waals surface area contributed by atoms with Crippen molar-refractivity contribution in [3.8, 4) is 0 Å². The molecule has 3 rings (SSSR count). The zero-order chi connectivity index (χ0) is 16.4. The van der Waals surface area contributed by atoms with Crippen molar-refractivity contribution < 1.29 is 4.79 Å². The van der Waals surface area contributed by atoms with Gasteiger partial charge in [-0.3, -0.25) is 4.79 Å². The Morgan fingerprint density at radius 3 is 2.65 bits per heavy atom. The summed E-state index contributed by atoms with van der Waals surface area (Å²) < 4.78 is 0.605. The number of nitrogens with zero attached hydrogens (tertiary/aromatic N) is 3. The number of rotatable bonds is 3. The molecule has 1 aromatic rings. The average molecular weight is 366 g/mol. The van der Waals surface area contributed by atoms with E-state index in [4.69, 9.17) is 12.2 Å². The van der Waals surface area contributed by atoms with E-state index in [0.717, 1.165) is 35.2 Å². The van der Waals surface area contributed by atoms with Crippen LogP contribution in [0.2, 0.25) is 0 Å². The number of benzene rings is 1. The predicted molar refractivity (Wildman–Crippen MR) is 102 cm³/mol. The van der Waals surface area contributed by atoms with E-state index in [1.54, 1.807) is 21.8 Å². The Morgan fingerprint density at radius 2 is 2.00 bits per heavy atom. The van der Waals surface area contributed by atoms with Crippen LogP contribution in [0.1, 0.15) is 12.0 Å². The number of hydrogen-bond donors (Lipinski definition) is 0. The monoisotopic (exact) mass is 365 g/mol. The number of carbonyl (C=O) groups excluding carboxylic acids is 1. The maximum atomic E-state index is 12.7. The van der Waals surface area contributed by atoms with Gasteiger partial charge in [-0.05, 0) is 12.0 Å². The molecular formula is C16H19N3OS3. The second-order valence-electron chi connectivity index (χ2n) is 5.58. The van der Waals surface area contributed by atoms with E-state index in [-0.39, 0.29) is 5.91 Å². The van der Waals surface area contributed by atoms with Gasteiger partial charge in [0.25, 0.3) is 5.91 Å². The van der Waals surface area contributed by atoms with Gasteiger partial charge in [0.1, 0.15) is 4.91 Å². The summed E-state index contributed by atoms with van der Waals surface area (Å²) in [6.07, 6.45) is 1.13. The number of thioether (sulfide) groups is 2. The van der Waals surface area contributed by atoms with Crippen LogP contribution < -0.4 is 0 Å². The first-order chi connectivity index (χ1) is 11.1. The molecule has 2 aliphatic heterocycles. The van der Waals surface area contributed by atoms with Crippen molar-refractivity contribution in [2.45, 2.75) is 13.0 Å². The quantitative estimate of drug-likeness (QED) is 0.603. The predicted octanol–water partition coefficient (Wildman–Crippen LogP) is 3.13. The van der Waals surface area contributed by atoms with Gasteiger partial charge >= 0.3 is 0 Å². The fourth-order valence-electron chi connectivity index (χ4n) is 2.61. The number of thiocarbonyl (C=S) groups is 1. The minimum Gasteiger partial charge on any atom is -0.361 e. The largest absolute Gasteiger partial charge is 0.361 e. The molecule has 122 valence electrons. The Hall–Kier alpha value is -1.02. The van der Waals surface area contributed by atoms with Crippen molar-refractivity contribution in [3.63, 3.8) is 0 Å². The molecule has 0 unspecified atom stereocenters. The van der Waals surface area contributed by atoms with Crippen LogP contribution >= 0.6 is 35.7 Å². The molecule has 0 saturated carbocycles. The molecule has 0 N–H and O–H groups in total. The second-order valence-corrected chi connectivity index (χ2v) is 8.30. The molecule has 0 bridgehead atoms. The maximum absolute atomic E-state index is 12.7. The number of hydrogen-bond acceptors (Lipinski definition) is 6. The highest BCUT2D eigenvalue weighted by Crippen LogP contribution is 2.41. The SMILES string of the molecule is CN(C)N1C(=O)/C(=C2/SCCCN2Cc2ccccc2)SC1=S. The summed E-state index contributed by atoms with van der Waals surface area (Å²) in [4.78, 5) is 15.8. The minimum absolute atomic E-state index is 0.00698. The number of amides is 1. The highest BCUT2D eigenvalue weighted by molar-refractivity contribution is 8.27. The van der Waals surface area contributed by atoms with E-state index < -0.39 is 0 Å². The van der Waals surface area contributed by atoms with E-state index in [0.29, 0.717) is 4.32 Å². The molecule has 0 radical (unpaired) electrons. The van der Waals surface area contributed by atoms with E-state index in [2.05, 4.69) is 29.2 Å². The Bertz CT molecular complexity index is 645. The Labute approximate surface area is 150 Å². The molecular weight excluding hydrogens is 346 g/mol. The molecule has 7 heteroatoms. The van der Waals surface area contributed by atoms with Gasteiger partial charge in [-0.25, -0.2) is 10.0 Å². The van der Waals surface area contributed by atoms with Crippen molar-refractivity contribution in [1.29, 1.82) is 0 Å². The summed E-state index contributed by atoms with van der Waals surface area (Å²) in [5.74, 6) is 1.04. The highest BCUT2D eigenvalue weighted by atomic mass is 32.2. The van der Waals surface area contributed by atoms with Gasteiger partial charge in [-0.1, -0.05) is 54.3 Å². The fraction of sp³-hybridized carbons (Fsp3) is 0.375. The summed E-state index contributed by atoms with van der Waals surface area (Å²) >= 11 is 8.55. The van der Waals surface area contributed by atoms with Crippen LogP contribution in [0.25, 0.3) is 0 Å². The number of carbonyl (C=O) groups is 1. The molecule has 1 aromatic carbocycles. The first kappa shape index (κ1) is 16.8. The lowest BCUT2D eigenvalue weighted by Crippen LogP contribution is -2.40. The smallest absolute Gasteiger partial charge is 0.283 e. The van der Waals surface area contributed by atoms with E-state index in [1.807, 2.05) is 20.2 Å². The summed E-state index contributed by atoms with van der Waals surface area (Å²) in [6, 6.07) is 10.4. The molecule has 2 aliphatic rings. The third kappa shape index (κ3) is 3.57. The molecule has 2 saturated heterocycles. The fourth-order valence-corrected chi connectivity index (χ4v) is 5.33. The van der Waals surface area contributed by atoms with Gasteiger partial charge < -0.3 is 4.90 Å². The van der Waals surface area contributed by atoms with Gasteiger partial charge in [0.05, 0.1) is 5.03 Å². The maximum Gasteiger partial charge on any atom is 0.283 e. The third-order valence-corrected chi connectivity index (χ3v) is 6.36. The van der Waals surface area contributed by atoms with Gasteiger partial charge in [-0.15, -0.1) is 11.8 Å². The van der Waals surface area contributed by atoms with Crippen molar-refractivity contribution in [3.05, 3.63) is 45.8 Å². The summed E-state index contributed by atoms with van der Waals surface area (Å²) in [5, 5.41) is 4.39. The van der Waals surface area contributed by atoms with Gasteiger partial charge in [-0.2, -0.15) is 0 Å². The lowest BCUT2D eigenvalue weighted by molar-refractivity contribution is -0.130. The van der Waals surface area contributed by atoms with Crippen molar-refractivity contribution >= 4 is 46.0 Å². The van der Waals surface area contributed by atoms with Gasteiger partial charge in [0.2, 0.25) is 0 Å². The van der Waals surface area contributed by atoms with E-state index >= 15 is 0 Å². The molecule has 0 aliphatic carbocycles. The third-order valence-electron chi connectivity index (χ3n) is 3.66. The standard InChI is InChI=1S/C16H19N3OS3/c1-17(2)19-14(20)13(23-16(19)21)15-18(9-6-10-22-15)11-12-7-4-3-5-8-12/h3-5,7-8H,6,9-11H2,1-2H3/b15-13-. The lowest BCUT2D eigenvalue weighted by Gasteiger charge is -2.32. The van der Waals surface area contributed by atoms with E-state index in [1.165, 1.54) is 17.3 Å². The Kier molecular flexibility index (Phi) is 5.31. The van der Waals surface area contributed by atoms with Crippen molar-refractivity contribution in [2.75, 3.05) is 26.4 Å². The lowest BCUT2D eigenvalue weighted by atomic mass is 10.2. The first-order valence-electron chi connectivity index (χ1n) is 7.47. The summed E-state index contributed by atoms with van der Waals surface area (Å²) in [6.45, 7) is 1.80. The molecule has 2 heterocycles. The van der Waals surface area contributed by atoms with Crippen molar-refractivity contribution in [1.82, 2.24) is 14.9 Å². The molecule has 0 aromatic heterocycles. The van der Waals surface area contributed by atoms with Crippen molar-refractivity contribution in [2.24, 2.45) is 0 Å².